The molecule has 6 nitrogen and oxygen atoms in total. The lowest BCUT2D eigenvalue weighted by Gasteiger charge is -2.12. The van der Waals surface area contributed by atoms with Crippen LogP contribution in [-0.2, 0) is 4.79 Å². The van der Waals surface area contributed by atoms with Crippen molar-refractivity contribution in [1.82, 2.24) is 20.2 Å². The number of nitrogens with one attached hydrogen (secondary N) is 1. The number of carbonyl (C=O) groups is 1. The van der Waals surface area contributed by atoms with Crippen molar-refractivity contribution in [3.63, 3.8) is 0 Å². The van der Waals surface area contributed by atoms with E-state index in [1.165, 1.54) is 47.7 Å². The van der Waals surface area contributed by atoms with Crippen molar-refractivity contribution in [3.05, 3.63) is 40.4 Å². The Morgan fingerprint density at radius 3 is 2.92 bits per heavy atom. The molecule has 8 heteroatoms. The average Bonchev–Trinajstić information content (AvgIpc) is 3.02. The van der Waals surface area contributed by atoms with Gasteiger partial charge < -0.3 is 11.2 Å². The second-order valence-electron chi connectivity index (χ2n) is 6.15. The molecule has 3 rings (SSSR count). The zero-order valence-corrected chi connectivity index (χ0v) is 16.9. The van der Waals surface area contributed by atoms with E-state index in [0.717, 1.165) is 16.5 Å². The number of nitrogens with zero attached hydrogens (tertiary/aromatic N) is 3. The van der Waals surface area contributed by atoms with Crippen molar-refractivity contribution >= 4 is 33.6 Å². The van der Waals surface area contributed by atoms with E-state index in [-0.39, 0.29) is 11.7 Å². The standard InChI is InChI=1S/C18H22BrN5OS/c19-15-9-5-4-8-14(15)17-22-23-18(24(17)20)26-12-16(25)21-11-10-13-6-2-1-3-7-13/h4-6,8-9H,1-3,7,10-12,20H2,(H,21,25). The monoisotopic (exact) mass is 435 g/mol. The number of hydrogen-bond donors (Lipinski definition) is 2. The summed E-state index contributed by atoms with van der Waals surface area (Å²) in [7, 11) is 0. The van der Waals surface area contributed by atoms with E-state index in [1.54, 1.807) is 0 Å². The number of thioether (sulfide) groups is 1. The van der Waals surface area contributed by atoms with Crippen LogP contribution in [0.5, 0.6) is 0 Å². The molecule has 0 atom stereocenters. The van der Waals surface area contributed by atoms with Gasteiger partial charge in [0.25, 0.3) is 0 Å². The van der Waals surface area contributed by atoms with Gasteiger partial charge in [0.1, 0.15) is 0 Å². The highest BCUT2D eigenvalue weighted by atomic mass is 79.9. The predicted octanol–water partition coefficient (Wildman–Crippen LogP) is 3.52. The fraction of sp³-hybridized carbons (Fsp3) is 0.389. The van der Waals surface area contributed by atoms with E-state index in [4.69, 9.17) is 5.84 Å². The Hall–Kier alpha value is -1.80. The number of aromatic nitrogens is 3. The summed E-state index contributed by atoms with van der Waals surface area (Å²) in [5, 5.41) is 11.7. The first kappa shape index (κ1) is 19.0. The Morgan fingerprint density at radius 1 is 1.31 bits per heavy atom. The number of carbonyl (C=O) groups excluding carboxylic acids is 1. The van der Waals surface area contributed by atoms with E-state index in [1.807, 2.05) is 24.3 Å². The lowest BCUT2D eigenvalue weighted by atomic mass is 9.97. The maximum absolute atomic E-state index is 12.0. The molecular formula is C18H22BrN5OS. The molecule has 0 fully saturated rings. The highest BCUT2D eigenvalue weighted by Crippen LogP contribution is 2.27. The third-order valence-corrected chi connectivity index (χ3v) is 5.90. The molecule has 26 heavy (non-hydrogen) atoms. The number of nitrogens with two attached hydrogens (primary N) is 1. The van der Waals surface area contributed by atoms with Gasteiger partial charge in [-0.15, -0.1) is 10.2 Å². The van der Waals surface area contributed by atoms with Crippen LogP contribution in [0.15, 0.2) is 45.5 Å². The van der Waals surface area contributed by atoms with Crippen molar-refractivity contribution in [1.29, 1.82) is 0 Å². The van der Waals surface area contributed by atoms with E-state index >= 15 is 0 Å². The number of hydrogen-bond acceptors (Lipinski definition) is 5. The van der Waals surface area contributed by atoms with Crippen LogP contribution in [0, 0.1) is 0 Å². The number of nitrogen functional groups attached to an aromatic ring is 1. The molecule has 1 aromatic carbocycles. The van der Waals surface area contributed by atoms with Gasteiger partial charge in [0.2, 0.25) is 11.1 Å². The predicted molar refractivity (Wildman–Crippen MR) is 108 cm³/mol. The molecule has 1 amide bonds. The summed E-state index contributed by atoms with van der Waals surface area (Å²) in [5.74, 6) is 6.91. The van der Waals surface area contributed by atoms with Crippen LogP contribution >= 0.6 is 27.7 Å². The summed E-state index contributed by atoms with van der Waals surface area (Å²) in [6, 6.07) is 7.68. The first-order chi connectivity index (χ1) is 12.6. The minimum Gasteiger partial charge on any atom is -0.355 e. The fourth-order valence-electron chi connectivity index (χ4n) is 2.88. The number of allylic oxidation sites excluding steroid dienone is 1. The smallest absolute Gasteiger partial charge is 0.230 e. The van der Waals surface area contributed by atoms with Crippen LogP contribution < -0.4 is 11.2 Å². The highest BCUT2D eigenvalue weighted by Gasteiger charge is 2.15. The van der Waals surface area contributed by atoms with E-state index in [0.29, 0.717) is 17.5 Å². The van der Waals surface area contributed by atoms with Crippen molar-refractivity contribution in [3.8, 4) is 11.4 Å². The molecule has 0 spiro atoms. The van der Waals surface area contributed by atoms with Gasteiger partial charge in [-0.25, -0.2) is 4.68 Å². The van der Waals surface area contributed by atoms with Crippen LogP contribution in [0.1, 0.15) is 32.1 Å². The van der Waals surface area contributed by atoms with Crippen molar-refractivity contribution in [2.75, 3.05) is 18.1 Å². The number of rotatable bonds is 7. The lowest BCUT2D eigenvalue weighted by Crippen LogP contribution is -2.27. The Labute approximate surface area is 165 Å². The molecule has 3 N–H and O–H groups in total. The summed E-state index contributed by atoms with van der Waals surface area (Å²) >= 11 is 4.77. The maximum atomic E-state index is 12.0. The summed E-state index contributed by atoms with van der Waals surface area (Å²) in [4.78, 5) is 12.0. The van der Waals surface area contributed by atoms with Gasteiger partial charge in [-0.3, -0.25) is 4.79 Å². The van der Waals surface area contributed by atoms with Crippen LogP contribution in [0.4, 0.5) is 0 Å². The average molecular weight is 436 g/mol. The number of halogens is 1. The fourth-order valence-corrected chi connectivity index (χ4v) is 4.03. The van der Waals surface area contributed by atoms with Crippen LogP contribution in [0.3, 0.4) is 0 Å². The van der Waals surface area contributed by atoms with Crippen molar-refractivity contribution in [2.24, 2.45) is 0 Å². The summed E-state index contributed by atoms with van der Waals surface area (Å²) in [6.45, 7) is 0.683. The van der Waals surface area contributed by atoms with Gasteiger partial charge in [0.15, 0.2) is 5.82 Å². The third kappa shape index (κ3) is 4.88. The Balaban J connectivity index is 1.49. The first-order valence-electron chi connectivity index (χ1n) is 8.68. The molecule has 0 radical (unpaired) electrons. The minimum atomic E-state index is -0.0168. The van der Waals surface area contributed by atoms with Crippen molar-refractivity contribution in [2.45, 2.75) is 37.3 Å². The van der Waals surface area contributed by atoms with E-state index in [2.05, 4.69) is 37.5 Å². The van der Waals surface area contributed by atoms with Crippen molar-refractivity contribution < 1.29 is 4.79 Å². The third-order valence-electron chi connectivity index (χ3n) is 4.26. The van der Waals surface area contributed by atoms with E-state index < -0.39 is 0 Å². The molecule has 1 heterocycles. The van der Waals surface area contributed by atoms with Gasteiger partial charge in [-0.2, -0.15) is 0 Å². The van der Waals surface area contributed by atoms with Crippen LogP contribution in [0.2, 0.25) is 0 Å². The SMILES string of the molecule is Nn1c(SCC(=O)NCCC2=CCCCC2)nnc1-c1ccccc1Br. The molecule has 2 aromatic rings. The largest absolute Gasteiger partial charge is 0.355 e. The molecule has 1 aromatic heterocycles. The molecule has 0 unspecified atom stereocenters. The molecule has 0 aliphatic heterocycles. The van der Waals surface area contributed by atoms with Crippen LogP contribution in [0.25, 0.3) is 11.4 Å². The zero-order chi connectivity index (χ0) is 18.4. The maximum Gasteiger partial charge on any atom is 0.230 e. The number of benzene rings is 1. The molecule has 138 valence electrons. The van der Waals surface area contributed by atoms with Gasteiger partial charge >= 0.3 is 0 Å². The summed E-state index contributed by atoms with van der Waals surface area (Å²) in [6.07, 6.45) is 8.14. The zero-order valence-electron chi connectivity index (χ0n) is 14.4. The molecule has 1 aliphatic carbocycles. The molecule has 0 saturated carbocycles. The minimum absolute atomic E-state index is 0.0168. The molecule has 0 saturated heterocycles. The summed E-state index contributed by atoms with van der Waals surface area (Å²) in [5.41, 5.74) is 2.32. The number of amides is 1. The lowest BCUT2D eigenvalue weighted by molar-refractivity contribution is -0.118. The second-order valence-corrected chi connectivity index (χ2v) is 7.95. The van der Waals surface area contributed by atoms with Gasteiger partial charge in [0.05, 0.1) is 5.75 Å². The topological polar surface area (TPSA) is 85.8 Å². The highest BCUT2D eigenvalue weighted by molar-refractivity contribution is 9.10. The molecule has 1 aliphatic rings. The second kappa shape index (κ2) is 9.23. The first-order valence-corrected chi connectivity index (χ1v) is 10.5. The van der Waals surface area contributed by atoms with E-state index in [9.17, 15) is 4.79 Å². The van der Waals surface area contributed by atoms with Gasteiger partial charge in [-0.05, 0) is 44.2 Å². The van der Waals surface area contributed by atoms with Gasteiger partial charge in [0, 0.05) is 16.6 Å². The Bertz CT molecular complexity index is 805. The van der Waals surface area contributed by atoms with Crippen LogP contribution in [-0.4, -0.2) is 33.1 Å². The molecular weight excluding hydrogens is 414 g/mol. The Kier molecular flexibility index (Phi) is 6.73. The Morgan fingerprint density at radius 2 is 2.15 bits per heavy atom. The quantitative estimate of drug-likeness (QED) is 0.394. The summed E-state index contributed by atoms with van der Waals surface area (Å²) < 4.78 is 2.32. The molecule has 0 bridgehead atoms. The van der Waals surface area contributed by atoms with Gasteiger partial charge in [-0.1, -0.05) is 51.5 Å². The normalized spacial score (nSPS) is 14.1.